The molecule has 1 heterocycles. The lowest BCUT2D eigenvalue weighted by Crippen LogP contribution is -2.41. The van der Waals surface area contributed by atoms with Crippen LogP contribution in [0, 0.1) is 5.82 Å². The Morgan fingerprint density at radius 1 is 1.16 bits per heavy atom. The second-order valence-corrected chi connectivity index (χ2v) is 5.88. The molecular weight excluding hydrogens is 247 g/mol. The highest BCUT2D eigenvalue weighted by molar-refractivity contribution is 5.95. The van der Waals surface area contributed by atoms with Gasteiger partial charge in [0.05, 0.1) is 11.2 Å². The molecule has 1 aliphatic rings. The zero-order valence-electron chi connectivity index (χ0n) is 11.9. The van der Waals surface area contributed by atoms with Crippen molar-refractivity contribution in [2.24, 2.45) is 0 Å². The predicted octanol–water partition coefficient (Wildman–Crippen LogP) is 3.63. The Balaban J connectivity index is 2.44. The molecule has 0 N–H and O–H groups in total. The van der Waals surface area contributed by atoms with Crippen molar-refractivity contribution in [3.8, 4) is 0 Å². The van der Waals surface area contributed by atoms with E-state index in [1.165, 1.54) is 25.1 Å². The van der Waals surface area contributed by atoms with Crippen LogP contribution in [0.4, 0.5) is 4.39 Å². The standard InChI is InChI=1S/C15H19FO3/c1-9(17)11-7-6-10(16)8-12(11)13-18-14(2,3)15(4,5)19-13/h6-8,13H,1-5H3. The van der Waals surface area contributed by atoms with Crippen LogP contribution in [0.5, 0.6) is 0 Å². The van der Waals surface area contributed by atoms with Gasteiger partial charge in [-0.3, -0.25) is 4.79 Å². The van der Waals surface area contributed by atoms with Crippen molar-refractivity contribution in [1.29, 1.82) is 0 Å². The molecule has 1 aromatic carbocycles. The summed E-state index contributed by atoms with van der Waals surface area (Å²) >= 11 is 0. The molecule has 1 saturated heterocycles. The Bertz CT molecular complexity index is 504. The van der Waals surface area contributed by atoms with E-state index in [0.29, 0.717) is 11.1 Å². The average molecular weight is 266 g/mol. The van der Waals surface area contributed by atoms with Gasteiger partial charge in [0.2, 0.25) is 0 Å². The van der Waals surface area contributed by atoms with E-state index in [1.807, 2.05) is 27.7 Å². The van der Waals surface area contributed by atoms with Crippen molar-refractivity contribution in [2.75, 3.05) is 0 Å². The predicted molar refractivity (Wildman–Crippen MR) is 69.5 cm³/mol. The highest BCUT2D eigenvalue weighted by atomic mass is 19.1. The first kappa shape index (κ1) is 14.2. The molecule has 0 saturated carbocycles. The summed E-state index contributed by atoms with van der Waals surface area (Å²) in [6, 6.07) is 4.04. The van der Waals surface area contributed by atoms with E-state index in [0.717, 1.165) is 0 Å². The molecule has 0 radical (unpaired) electrons. The summed E-state index contributed by atoms with van der Waals surface area (Å²) in [4.78, 5) is 11.6. The number of benzene rings is 1. The number of Topliss-reactive ketones (excluding diaryl/α,β-unsaturated/α-hetero) is 1. The van der Waals surface area contributed by atoms with Crippen LogP contribution in [-0.4, -0.2) is 17.0 Å². The molecule has 1 aromatic rings. The van der Waals surface area contributed by atoms with Crippen LogP contribution in [0.1, 0.15) is 56.8 Å². The zero-order chi connectivity index (χ0) is 14.4. The minimum absolute atomic E-state index is 0.135. The van der Waals surface area contributed by atoms with E-state index < -0.39 is 23.3 Å². The minimum Gasteiger partial charge on any atom is -0.339 e. The van der Waals surface area contributed by atoms with Gasteiger partial charge in [-0.05, 0) is 52.8 Å². The highest BCUT2D eigenvalue weighted by Crippen LogP contribution is 2.45. The van der Waals surface area contributed by atoms with Crippen molar-refractivity contribution < 1.29 is 18.7 Å². The minimum atomic E-state index is -0.723. The molecular formula is C15H19FO3. The molecule has 0 aliphatic carbocycles. The third kappa shape index (κ3) is 2.42. The fraction of sp³-hybridized carbons (Fsp3) is 0.533. The van der Waals surface area contributed by atoms with Gasteiger partial charge in [-0.2, -0.15) is 0 Å². The quantitative estimate of drug-likeness (QED) is 0.767. The molecule has 0 aromatic heterocycles. The first-order valence-electron chi connectivity index (χ1n) is 6.30. The topological polar surface area (TPSA) is 35.5 Å². The van der Waals surface area contributed by atoms with Gasteiger partial charge in [0.25, 0.3) is 0 Å². The summed E-state index contributed by atoms with van der Waals surface area (Å²) in [6.07, 6.45) is -0.723. The van der Waals surface area contributed by atoms with Crippen LogP contribution in [-0.2, 0) is 9.47 Å². The fourth-order valence-corrected chi connectivity index (χ4v) is 2.02. The Kier molecular flexibility index (Phi) is 3.27. The van der Waals surface area contributed by atoms with E-state index >= 15 is 0 Å². The number of ketones is 1. The van der Waals surface area contributed by atoms with Crippen molar-refractivity contribution in [3.05, 3.63) is 35.1 Å². The molecule has 2 rings (SSSR count). The van der Waals surface area contributed by atoms with Crippen molar-refractivity contribution in [3.63, 3.8) is 0 Å². The number of carbonyl (C=O) groups is 1. The van der Waals surface area contributed by atoms with E-state index in [2.05, 4.69) is 0 Å². The van der Waals surface area contributed by atoms with Crippen LogP contribution in [0.25, 0.3) is 0 Å². The van der Waals surface area contributed by atoms with Crippen molar-refractivity contribution in [1.82, 2.24) is 0 Å². The summed E-state index contributed by atoms with van der Waals surface area (Å²) in [5, 5.41) is 0. The van der Waals surface area contributed by atoms with E-state index in [1.54, 1.807) is 0 Å². The number of halogens is 1. The van der Waals surface area contributed by atoms with Gasteiger partial charge in [-0.25, -0.2) is 4.39 Å². The Hall–Kier alpha value is -1.26. The maximum Gasteiger partial charge on any atom is 0.186 e. The van der Waals surface area contributed by atoms with Crippen molar-refractivity contribution >= 4 is 5.78 Å². The summed E-state index contributed by atoms with van der Waals surface area (Å²) in [5.41, 5.74) is -0.151. The summed E-state index contributed by atoms with van der Waals surface area (Å²) in [6.45, 7) is 9.11. The molecule has 19 heavy (non-hydrogen) atoms. The molecule has 104 valence electrons. The number of hydrogen-bond donors (Lipinski definition) is 0. The molecule has 0 spiro atoms. The highest BCUT2D eigenvalue weighted by Gasteiger charge is 2.50. The molecule has 0 unspecified atom stereocenters. The SMILES string of the molecule is CC(=O)c1ccc(F)cc1C1OC(C)(C)C(C)(C)O1. The van der Waals surface area contributed by atoms with Gasteiger partial charge in [0, 0.05) is 11.1 Å². The monoisotopic (exact) mass is 266 g/mol. The molecule has 1 aliphatic heterocycles. The van der Waals surface area contributed by atoms with Crippen LogP contribution >= 0.6 is 0 Å². The fourth-order valence-electron chi connectivity index (χ4n) is 2.02. The average Bonchev–Trinajstić information content (AvgIpc) is 2.47. The van der Waals surface area contributed by atoms with Gasteiger partial charge in [0.15, 0.2) is 12.1 Å². The molecule has 4 heteroatoms. The normalized spacial score (nSPS) is 21.6. The maximum atomic E-state index is 13.4. The smallest absolute Gasteiger partial charge is 0.186 e. The lowest BCUT2D eigenvalue weighted by Gasteiger charge is -2.30. The zero-order valence-corrected chi connectivity index (χ0v) is 11.9. The molecule has 0 bridgehead atoms. The van der Waals surface area contributed by atoms with Gasteiger partial charge in [-0.15, -0.1) is 0 Å². The Labute approximate surface area is 112 Å². The summed E-state index contributed by atoms with van der Waals surface area (Å²) < 4.78 is 25.1. The van der Waals surface area contributed by atoms with E-state index in [9.17, 15) is 9.18 Å². The third-order valence-electron chi connectivity index (χ3n) is 3.90. The Morgan fingerprint density at radius 3 is 2.16 bits per heavy atom. The number of hydrogen-bond acceptors (Lipinski definition) is 3. The first-order chi connectivity index (χ1) is 8.64. The van der Waals surface area contributed by atoms with Gasteiger partial charge in [-0.1, -0.05) is 0 Å². The lowest BCUT2D eigenvalue weighted by atomic mass is 9.90. The van der Waals surface area contributed by atoms with Crippen LogP contribution in [0.15, 0.2) is 18.2 Å². The maximum absolute atomic E-state index is 13.4. The number of rotatable bonds is 2. The molecule has 3 nitrogen and oxygen atoms in total. The molecule has 0 atom stereocenters. The van der Waals surface area contributed by atoms with Crippen molar-refractivity contribution in [2.45, 2.75) is 52.1 Å². The summed E-state index contributed by atoms with van der Waals surface area (Å²) in [5.74, 6) is -0.542. The largest absolute Gasteiger partial charge is 0.339 e. The number of carbonyl (C=O) groups excluding carboxylic acids is 1. The number of ether oxygens (including phenoxy) is 2. The van der Waals surface area contributed by atoms with Crippen LogP contribution in [0.3, 0.4) is 0 Å². The lowest BCUT2D eigenvalue weighted by molar-refractivity contribution is -0.0900. The summed E-state index contributed by atoms with van der Waals surface area (Å²) in [7, 11) is 0. The third-order valence-corrected chi connectivity index (χ3v) is 3.90. The van der Waals surface area contributed by atoms with Gasteiger partial charge < -0.3 is 9.47 Å². The first-order valence-corrected chi connectivity index (χ1v) is 6.30. The Morgan fingerprint density at radius 2 is 1.68 bits per heavy atom. The second-order valence-electron chi connectivity index (χ2n) is 5.88. The van der Waals surface area contributed by atoms with Crippen LogP contribution < -0.4 is 0 Å². The molecule has 0 amide bonds. The van der Waals surface area contributed by atoms with E-state index in [4.69, 9.17) is 9.47 Å². The van der Waals surface area contributed by atoms with Crippen LogP contribution in [0.2, 0.25) is 0 Å². The second kappa shape index (κ2) is 4.39. The van der Waals surface area contributed by atoms with Gasteiger partial charge in [0.1, 0.15) is 5.82 Å². The van der Waals surface area contributed by atoms with E-state index in [-0.39, 0.29) is 5.78 Å². The van der Waals surface area contributed by atoms with Gasteiger partial charge >= 0.3 is 0 Å². The molecule has 1 fully saturated rings.